The van der Waals surface area contributed by atoms with Crippen molar-refractivity contribution in [2.45, 2.75) is 39.8 Å². The number of hydrogen-bond donors (Lipinski definition) is 1. The summed E-state index contributed by atoms with van der Waals surface area (Å²) in [4.78, 5) is 2.26. The summed E-state index contributed by atoms with van der Waals surface area (Å²) in [5, 5.41) is 3.35. The third kappa shape index (κ3) is 4.68. The Labute approximate surface area is 127 Å². The van der Waals surface area contributed by atoms with Gasteiger partial charge in [0.1, 0.15) is 5.82 Å². The summed E-state index contributed by atoms with van der Waals surface area (Å²) in [6.45, 7) is 10.4. The molecule has 1 fully saturated rings. The fraction of sp³-hybridized carbons (Fsp3) is 0.647. The van der Waals surface area contributed by atoms with Crippen LogP contribution in [0.2, 0.25) is 0 Å². The molecule has 0 aromatic heterocycles. The summed E-state index contributed by atoms with van der Waals surface area (Å²) < 4.78 is 19.9. The van der Waals surface area contributed by atoms with E-state index < -0.39 is 0 Å². The summed E-state index contributed by atoms with van der Waals surface area (Å²) in [7, 11) is 0. The van der Waals surface area contributed by atoms with E-state index in [9.17, 15) is 4.39 Å². The number of anilines is 1. The van der Waals surface area contributed by atoms with Crippen LogP contribution in [0.15, 0.2) is 18.2 Å². The number of hydrogen-bond acceptors (Lipinski definition) is 3. The fourth-order valence-electron chi connectivity index (χ4n) is 2.72. The van der Waals surface area contributed by atoms with Crippen molar-refractivity contribution in [2.24, 2.45) is 5.92 Å². The molecule has 3 nitrogen and oxygen atoms in total. The second-order valence-electron chi connectivity index (χ2n) is 6.24. The molecule has 1 unspecified atom stereocenters. The van der Waals surface area contributed by atoms with Crippen LogP contribution >= 0.6 is 0 Å². The van der Waals surface area contributed by atoms with E-state index >= 15 is 0 Å². The van der Waals surface area contributed by atoms with Crippen molar-refractivity contribution in [1.29, 1.82) is 0 Å². The molecule has 1 heterocycles. The van der Waals surface area contributed by atoms with Gasteiger partial charge in [0.25, 0.3) is 0 Å². The maximum absolute atomic E-state index is 14.2. The zero-order valence-electron chi connectivity index (χ0n) is 13.4. The van der Waals surface area contributed by atoms with Crippen molar-refractivity contribution in [3.05, 3.63) is 29.6 Å². The molecule has 1 atom stereocenters. The minimum absolute atomic E-state index is 0.124. The Kier molecular flexibility index (Phi) is 6.00. The molecule has 0 saturated carbocycles. The largest absolute Gasteiger partial charge is 0.377 e. The number of nitrogens with zero attached hydrogens (tertiary/aromatic N) is 1. The molecule has 1 aliphatic heterocycles. The molecular formula is C17H27FN2O. The molecule has 0 aliphatic carbocycles. The van der Waals surface area contributed by atoms with Gasteiger partial charge in [-0.15, -0.1) is 0 Å². The van der Waals surface area contributed by atoms with Gasteiger partial charge in [-0.2, -0.15) is 0 Å². The van der Waals surface area contributed by atoms with Gasteiger partial charge in [0.05, 0.1) is 6.10 Å². The van der Waals surface area contributed by atoms with E-state index in [0.29, 0.717) is 12.5 Å². The Bertz CT molecular complexity index is 450. The van der Waals surface area contributed by atoms with Gasteiger partial charge in [0, 0.05) is 37.5 Å². The maximum Gasteiger partial charge on any atom is 0.129 e. The van der Waals surface area contributed by atoms with Gasteiger partial charge in [-0.1, -0.05) is 19.9 Å². The van der Waals surface area contributed by atoms with Crippen LogP contribution in [0.5, 0.6) is 0 Å². The van der Waals surface area contributed by atoms with E-state index in [1.165, 1.54) is 0 Å². The van der Waals surface area contributed by atoms with Gasteiger partial charge in [-0.05, 0) is 37.9 Å². The van der Waals surface area contributed by atoms with Crippen LogP contribution in [-0.2, 0) is 11.3 Å². The molecule has 0 amide bonds. The highest BCUT2D eigenvalue weighted by Crippen LogP contribution is 2.25. The van der Waals surface area contributed by atoms with Crippen LogP contribution < -0.4 is 10.2 Å². The van der Waals surface area contributed by atoms with E-state index in [1.807, 2.05) is 6.07 Å². The Balaban J connectivity index is 2.15. The van der Waals surface area contributed by atoms with E-state index in [2.05, 4.69) is 31.0 Å². The molecule has 1 aromatic carbocycles. The van der Waals surface area contributed by atoms with Gasteiger partial charge in [-0.25, -0.2) is 4.39 Å². The van der Waals surface area contributed by atoms with Crippen LogP contribution in [0, 0.1) is 11.7 Å². The molecule has 2 rings (SSSR count). The first-order chi connectivity index (χ1) is 10.1. The predicted octanol–water partition coefficient (Wildman–Crippen LogP) is 3.19. The van der Waals surface area contributed by atoms with E-state index in [0.717, 1.165) is 43.9 Å². The number of nitrogens with one attached hydrogen (secondary N) is 1. The average Bonchev–Trinajstić information content (AvgIpc) is 2.65. The molecular weight excluding hydrogens is 267 g/mol. The summed E-state index contributed by atoms with van der Waals surface area (Å²) in [6.07, 6.45) is 1.17. The lowest BCUT2D eigenvalue weighted by molar-refractivity contribution is 0.0820. The van der Waals surface area contributed by atoms with Crippen molar-refractivity contribution in [3.63, 3.8) is 0 Å². The normalized spacial score (nSPS) is 19.9. The van der Waals surface area contributed by atoms with E-state index in [4.69, 9.17) is 4.74 Å². The predicted molar refractivity (Wildman–Crippen MR) is 85.2 cm³/mol. The molecule has 0 bridgehead atoms. The number of rotatable bonds is 5. The van der Waals surface area contributed by atoms with E-state index in [1.54, 1.807) is 12.1 Å². The van der Waals surface area contributed by atoms with Crippen molar-refractivity contribution >= 4 is 5.69 Å². The molecule has 1 aliphatic rings. The average molecular weight is 294 g/mol. The molecule has 1 N–H and O–H groups in total. The van der Waals surface area contributed by atoms with Crippen LogP contribution in [0.4, 0.5) is 10.1 Å². The van der Waals surface area contributed by atoms with Gasteiger partial charge in [-0.3, -0.25) is 0 Å². The van der Waals surface area contributed by atoms with Gasteiger partial charge in [0.15, 0.2) is 0 Å². The second kappa shape index (κ2) is 7.76. The first-order valence-electron chi connectivity index (χ1n) is 7.92. The van der Waals surface area contributed by atoms with Crippen molar-refractivity contribution < 1.29 is 9.13 Å². The summed E-state index contributed by atoms with van der Waals surface area (Å²) in [5.74, 6) is 0.438. The molecule has 0 radical (unpaired) electrons. The molecule has 21 heavy (non-hydrogen) atoms. The van der Waals surface area contributed by atoms with Crippen LogP contribution in [0.1, 0.15) is 32.8 Å². The minimum atomic E-state index is -0.124. The lowest BCUT2D eigenvalue weighted by Crippen LogP contribution is -2.32. The summed E-state index contributed by atoms with van der Waals surface area (Å²) in [5.41, 5.74) is 1.77. The quantitative estimate of drug-likeness (QED) is 0.902. The van der Waals surface area contributed by atoms with E-state index in [-0.39, 0.29) is 11.9 Å². The lowest BCUT2D eigenvalue weighted by atomic mass is 10.1. The zero-order valence-corrected chi connectivity index (χ0v) is 13.4. The summed E-state index contributed by atoms with van der Waals surface area (Å²) in [6, 6.07) is 5.37. The molecule has 118 valence electrons. The Hall–Kier alpha value is -1.13. The van der Waals surface area contributed by atoms with Crippen molar-refractivity contribution in [3.8, 4) is 0 Å². The summed E-state index contributed by atoms with van der Waals surface area (Å²) >= 11 is 0. The first kappa shape index (κ1) is 16.2. The minimum Gasteiger partial charge on any atom is -0.377 e. The zero-order chi connectivity index (χ0) is 15.2. The number of ether oxygens (including phenoxy) is 1. The second-order valence-corrected chi connectivity index (χ2v) is 6.24. The van der Waals surface area contributed by atoms with Gasteiger partial charge in [0.2, 0.25) is 0 Å². The lowest BCUT2D eigenvalue weighted by Gasteiger charge is -2.27. The Morgan fingerprint density at radius 2 is 2.24 bits per heavy atom. The molecule has 4 heteroatoms. The highest BCUT2D eigenvalue weighted by molar-refractivity contribution is 5.54. The number of halogens is 1. The van der Waals surface area contributed by atoms with Gasteiger partial charge >= 0.3 is 0 Å². The van der Waals surface area contributed by atoms with Crippen molar-refractivity contribution in [1.82, 2.24) is 5.32 Å². The highest BCUT2D eigenvalue weighted by Gasteiger charge is 2.19. The van der Waals surface area contributed by atoms with Crippen LogP contribution in [0.25, 0.3) is 0 Å². The molecule has 0 spiro atoms. The number of benzene rings is 1. The van der Waals surface area contributed by atoms with Crippen molar-refractivity contribution in [2.75, 3.05) is 31.1 Å². The van der Waals surface area contributed by atoms with Crippen LogP contribution in [-0.4, -0.2) is 32.3 Å². The monoisotopic (exact) mass is 294 g/mol. The van der Waals surface area contributed by atoms with Gasteiger partial charge < -0.3 is 15.0 Å². The molecule has 1 saturated heterocycles. The third-order valence-electron chi connectivity index (χ3n) is 3.74. The smallest absolute Gasteiger partial charge is 0.129 e. The Morgan fingerprint density at radius 3 is 3.00 bits per heavy atom. The molecule has 1 aromatic rings. The van der Waals surface area contributed by atoms with Crippen LogP contribution in [0.3, 0.4) is 0 Å². The third-order valence-corrected chi connectivity index (χ3v) is 3.74. The standard InChI is InChI=1S/C17H27FN2O/c1-13(2)10-19-11-15-16(18)6-4-7-17(15)20-8-5-9-21-14(3)12-20/h4,6-7,13-14,19H,5,8-12H2,1-3H3. The topological polar surface area (TPSA) is 24.5 Å². The highest BCUT2D eigenvalue weighted by atomic mass is 19.1. The first-order valence-corrected chi connectivity index (χ1v) is 7.92. The maximum atomic E-state index is 14.2. The Morgan fingerprint density at radius 1 is 1.43 bits per heavy atom. The SMILES string of the molecule is CC(C)CNCc1c(F)cccc1N1CCCOC(C)C1. The fourth-order valence-corrected chi connectivity index (χ4v) is 2.72.